The van der Waals surface area contributed by atoms with Crippen molar-refractivity contribution in [1.29, 1.82) is 0 Å². The molecular weight excluding hydrogens is 302 g/mol. The van der Waals surface area contributed by atoms with Gasteiger partial charge in [-0.15, -0.1) is 0 Å². The van der Waals surface area contributed by atoms with Gasteiger partial charge >= 0.3 is 0 Å². The molecule has 0 aliphatic carbocycles. The first-order valence-electron chi connectivity index (χ1n) is 8.77. The summed E-state index contributed by atoms with van der Waals surface area (Å²) in [6, 6.07) is 0. The zero-order valence-corrected chi connectivity index (χ0v) is 19.6. The van der Waals surface area contributed by atoms with Crippen LogP contribution in [0.4, 0.5) is 0 Å². The molecule has 0 aliphatic rings. The van der Waals surface area contributed by atoms with Gasteiger partial charge in [0.25, 0.3) is 0 Å². The molecule has 0 N–H and O–H groups in total. The molecule has 22 heavy (non-hydrogen) atoms. The maximum atomic E-state index is 4.54. The van der Waals surface area contributed by atoms with E-state index in [0.29, 0.717) is 20.6 Å². The number of allylic oxidation sites excluding steroid dienone is 1. The lowest BCUT2D eigenvalue weighted by atomic mass is 10.2. The van der Waals surface area contributed by atoms with Gasteiger partial charge in [0.05, 0.1) is 32.9 Å². The van der Waals surface area contributed by atoms with Crippen molar-refractivity contribution in [3.8, 4) is 0 Å². The van der Waals surface area contributed by atoms with E-state index >= 15 is 0 Å². The van der Waals surface area contributed by atoms with E-state index in [1.54, 1.807) is 0 Å². The van der Waals surface area contributed by atoms with Gasteiger partial charge in [-0.05, 0) is 88.7 Å². The molecule has 0 nitrogen and oxygen atoms in total. The first-order chi connectivity index (χ1) is 9.37. The van der Waals surface area contributed by atoms with Gasteiger partial charge in [-0.1, -0.05) is 6.58 Å². The fraction of sp³-hybridized carbons (Fsp3) is 0.900. The van der Waals surface area contributed by atoms with E-state index in [1.165, 1.54) is 17.9 Å². The molecule has 0 heterocycles. The van der Waals surface area contributed by atoms with Crippen LogP contribution in [0.25, 0.3) is 0 Å². The van der Waals surface area contributed by atoms with Gasteiger partial charge in [0.1, 0.15) is 0 Å². The molecule has 132 valence electrons. The monoisotopic (exact) mass is 346 g/mol. The van der Waals surface area contributed by atoms with E-state index in [-0.39, 0.29) is 0 Å². The van der Waals surface area contributed by atoms with Crippen LogP contribution in [0.1, 0.15) is 83.1 Å². The first kappa shape index (κ1) is 22.6. The van der Waals surface area contributed by atoms with Crippen molar-refractivity contribution in [2.75, 3.05) is 12.3 Å². The van der Waals surface area contributed by atoms with Crippen molar-refractivity contribution in [2.45, 2.75) is 104 Å². The normalized spacial score (nSPS) is 14.8. The van der Waals surface area contributed by atoms with Gasteiger partial charge in [-0.2, -0.15) is 0 Å². The average Bonchev–Trinajstić information content (AvgIpc) is 2.15. The standard InChI is InChI=1S/C20H42P2/c1-16(14-21(17(2,3)4)18(5,6)7)15-22(19(8,9)10)20(11,12)13/h1,14-15H2,2-13H3/p+2. The summed E-state index contributed by atoms with van der Waals surface area (Å²) >= 11 is 0. The Balaban J connectivity index is 5.20. The molecule has 0 fully saturated rings. The third-order valence-corrected chi connectivity index (χ3v) is 13.4. The molecule has 0 radical (unpaired) electrons. The minimum atomic E-state index is -0.493. The van der Waals surface area contributed by atoms with E-state index < -0.39 is 15.8 Å². The zero-order chi connectivity index (χ0) is 18.1. The van der Waals surface area contributed by atoms with Crippen LogP contribution in [0.2, 0.25) is 0 Å². The van der Waals surface area contributed by atoms with Crippen molar-refractivity contribution in [2.24, 2.45) is 0 Å². The molecule has 0 aromatic carbocycles. The van der Waals surface area contributed by atoms with Gasteiger partial charge < -0.3 is 0 Å². The Morgan fingerprint density at radius 3 is 0.864 bits per heavy atom. The highest BCUT2D eigenvalue weighted by Crippen LogP contribution is 2.63. The Morgan fingerprint density at radius 1 is 0.545 bits per heavy atom. The summed E-state index contributed by atoms with van der Waals surface area (Å²) < 4.78 is 0. The lowest BCUT2D eigenvalue weighted by molar-refractivity contribution is 0.702. The molecule has 0 aromatic rings. The van der Waals surface area contributed by atoms with Crippen molar-refractivity contribution in [3.05, 3.63) is 12.2 Å². The van der Waals surface area contributed by atoms with Crippen LogP contribution in [0, 0.1) is 0 Å². The second-order valence-corrected chi connectivity index (χ2v) is 19.7. The predicted molar refractivity (Wildman–Crippen MR) is 115 cm³/mol. The van der Waals surface area contributed by atoms with E-state index in [9.17, 15) is 0 Å². The van der Waals surface area contributed by atoms with Crippen LogP contribution in [0.3, 0.4) is 0 Å². The molecule has 0 aromatic heterocycles. The zero-order valence-electron chi connectivity index (χ0n) is 17.6. The summed E-state index contributed by atoms with van der Waals surface area (Å²) in [5.74, 6) is 0. The lowest BCUT2D eigenvalue weighted by Gasteiger charge is -2.37. The molecule has 0 rings (SSSR count). The van der Waals surface area contributed by atoms with E-state index in [2.05, 4.69) is 89.7 Å². The maximum Gasteiger partial charge on any atom is 0.0822 e. The minimum Gasteiger partial charge on any atom is -0.0926 e. The fourth-order valence-corrected chi connectivity index (χ4v) is 12.0. The van der Waals surface area contributed by atoms with E-state index in [4.69, 9.17) is 0 Å². The molecule has 0 amide bonds. The quantitative estimate of drug-likeness (QED) is 0.374. The van der Waals surface area contributed by atoms with Crippen molar-refractivity contribution < 1.29 is 0 Å². The van der Waals surface area contributed by atoms with Crippen LogP contribution in [0.5, 0.6) is 0 Å². The summed E-state index contributed by atoms with van der Waals surface area (Å²) in [7, 11) is -0.986. The SMILES string of the molecule is C=C(C[PH+](C(C)(C)C)C(C)(C)C)C[PH+](C(C)(C)C)C(C)(C)C. The van der Waals surface area contributed by atoms with Gasteiger partial charge in [0.2, 0.25) is 0 Å². The molecule has 2 heteroatoms. The van der Waals surface area contributed by atoms with E-state index in [0.717, 1.165) is 0 Å². The van der Waals surface area contributed by atoms with Crippen LogP contribution in [0.15, 0.2) is 12.2 Å². The fourth-order valence-electron chi connectivity index (χ4n) is 3.87. The van der Waals surface area contributed by atoms with Crippen molar-refractivity contribution in [1.82, 2.24) is 0 Å². The molecular formula is C20H44P2+2. The molecule has 0 spiro atoms. The number of hydrogen-bond donors (Lipinski definition) is 0. The Bertz CT molecular complexity index is 302. The van der Waals surface area contributed by atoms with Crippen LogP contribution in [-0.2, 0) is 0 Å². The molecule has 0 unspecified atom stereocenters. The topological polar surface area (TPSA) is 0 Å². The van der Waals surface area contributed by atoms with Gasteiger partial charge in [-0.3, -0.25) is 0 Å². The highest BCUT2D eigenvalue weighted by Gasteiger charge is 2.45. The summed E-state index contributed by atoms with van der Waals surface area (Å²) in [5, 5.41) is 1.73. The van der Waals surface area contributed by atoms with Gasteiger partial charge in [-0.25, -0.2) is 0 Å². The Morgan fingerprint density at radius 2 is 0.727 bits per heavy atom. The summed E-state index contributed by atoms with van der Waals surface area (Å²) in [6.07, 6.45) is 2.55. The highest BCUT2D eigenvalue weighted by molar-refractivity contribution is 7.62. The second kappa shape index (κ2) is 7.23. The molecule has 0 atom stereocenters. The second-order valence-electron chi connectivity index (χ2n) is 11.1. The maximum absolute atomic E-state index is 4.54. The Kier molecular flexibility index (Phi) is 7.43. The summed E-state index contributed by atoms with van der Waals surface area (Å²) in [6.45, 7) is 33.7. The van der Waals surface area contributed by atoms with Crippen molar-refractivity contribution >= 4 is 15.8 Å². The Hall–Kier alpha value is 0.600. The van der Waals surface area contributed by atoms with Crippen LogP contribution < -0.4 is 0 Å². The summed E-state index contributed by atoms with van der Waals surface area (Å²) in [5.41, 5.74) is 1.53. The molecule has 0 bridgehead atoms. The first-order valence-corrected chi connectivity index (χ1v) is 12.2. The number of rotatable bonds is 4. The number of hydrogen-bond acceptors (Lipinski definition) is 0. The van der Waals surface area contributed by atoms with Crippen LogP contribution in [-0.4, -0.2) is 32.9 Å². The third kappa shape index (κ3) is 7.45. The Labute approximate surface area is 144 Å². The molecule has 0 saturated carbocycles. The highest BCUT2D eigenvalue weighted by atomic mass is 31.1. The third-order valence-electron chi connectivity index (χ3n) is 4.47. The smallest absolute Gasteiger partial charge is 0.0822 e. The van der Waals surface area contributed by atoms with Gasteiger partial charge in [0, 0.05) is 15.8 Å². The van der Waals surface area contributed by atoms with Crippen molar-refractivity contribution in [3.63, 3.8) is 0 Å². The predicted octanol–water partition coefficient (Wildman–Crippen LogP) is 7.17. The largest absolute Gasteiger partial charge is 0.0926 e. The molecule has 0 aliphatic heterocycles. The molecule has 0 saturated heterocycles. The average molecular weight is 347 g/mol. The van der Waals surface area contributed by atoms with Gasteiger partial charge in [0.15, 0.2) is 0 Å². The van der Waals surface area contributed by atoms with E-state index in [1.807, 2.05) is 0 Å². The summed E-state index contributed by atoms with van der Waals surface area (Å²) in [4.78, 5) is 0. The van der Waals surface area contributed by atoms with Crippen LogP contribution >= 0.6 is 15.8 Å². The minimum absolute atomic E-state index is 0.433. The lowest BCUT2D eigenvalue weighted by Crippen LogP contribution is -2.29.